The first-order valence-corrected chi connectivity index (χ1v) is 5.83. The third-order valence-corrected chi connectivity index (χ3v) is 2.28. The summed E-state index contributed by atoms with van der Waals surface area (Å²) < 4.78 is 8.88. The number of carbonyl (C=O) groups excluding carboxylic acids is 2. The van der Waals surface area contributed by atoms with Crippen molar-refractivity contribution < 1.29 is 48.8 Å². The first-order valence-electron chi connectivity index (χ1n) is 5.83. The molecule has 122 valence electrons. The Kier molecular flexibility index (Phi) is 6.74. The third kappa shape index (κ3) is 4.89. The topological polar surface area (TPSA) is 164 Å². The molecule has 0 amide bonds. The average molecular weight is 318 g/mol. The van der Waals surface area contributed by atoms with Crippen LogP contribution in [0.3, 0.4) is 0 Å². The maximum Gasteiger partial charge on any atom is 0.353 e. The normalized spacial score (nSPS) is 13.6. The number of carbonyl (C=O) groups is 5. The monoisotopic (exact) mass is 318 g/mol. The second-order valence-corrected chi connectivity index (χ2v) is 3.91. The molecule has 0 rings (SSSR count). The van der Waals surface area contributed by atoms with E-state index in [1.54, 1.807) is 0 Å². The van der Waals surface area contributed by atoms with Crippen molar-refractivity contribution in [2.75, 3.05) is 6.61 Å². The highest BCUT2D eigenvalue weighted by atomic mass is 16.6. The minimum Gasteiger partial charge on any atom is -0.481 e. The molecule has 0 aromatic rings. The van der Waals surface area contributed by atoms with Crippen LogP contribution in [0.5, 0.6) is 0 Å². The van der Waals surface area contributed by atoms with Crippen LogP contribution in [-0.4, -0.2) is 57.4 Å². The summed E-state index contributed by atoms with van der Waals surface area (Å²) in [5.41, 5.74) is -4.30. The summed E-state index contributed by atoms with van der Waals surface area (Å²) in [5.74, 6) is -8.21. The summed E-state index contributed by atoms with van der Waals surface area (Å²) in [7, 11) is 0. The fourth-order valence-corrected chi connectivity index (χ4v) is 1.53. The number of carboxylic acids is 3. The Bertz CT molecular complexity index is 514. The van der Waals surface area contributed by atoms with Gasteiger partial charge in [0.25, 0.3) is 5.60 Å². The van der Waals surface area contributed by atoms with E-state index in [9.17, 15) is 29.1 Å². The highest BCUT2D eigenvalue weighted by molar-refractivity contribution is 6.05. The van der Waals surface area contributed by atoms with Crippen molar-refractivity contribution in [2.24, 2.45) is 0 Å². The Morgan fingerprint density at radius 3 is 1.95 bits per heavy atom. The zero-order chi connectivity index (χ0) is 17.5. The molecule has 0 aromatic carbocycles. The maximum absolute atomic E-state index is 11.4. The second-order valence-electron chi connectivity index (χ2n) is 3.91. The van der Waals surface area contributed by atoms with Crippen LogP contribution in [0, 0.1) is 0 Å². The number of carboxylic acid groups (broad SMARTS) is 3. The number of hydrogen-bond donors (Lipinski definition) is 3. The Balaban J connectivity index is 6.20. The first-order chi connectivity index (χ1) is 10.1. The molecule has 10 nitrogen and oxygen atoms in total. The van der Waals surface area contributed by atoms with Gasteiger partial charge in [-0.25, -0.2) is 14.4 Å². The van der Waals surface area contributed by atoms with Crippen molar-refractivity contribution >= 4 is 29.8 Å². The highest BCUT2D eigenvalue weighted by Crippen LogP contribution is 2.28. The van der Waals surface area contributed by atoms with Crippen molar-refractivity contribution in [3.63, 3.8) is 0 Å². The molecule has 0 aliphatic rings. The molecule has 0 heterocycles. The molecule has 0 radical (unpaired) electrons. The van der Waals surface area contributed by atoms with Gasteiger partial charge in [-0.15, -0.1) is 0 Å². The predicted octanol–water partition coefficient (Wildman–Crippen LogP) is -0.578. The number of ether oxygens (including phenoxy) is 2. The summed E-state index contributed by atoms with van der Waals surface area (Å²) in [6.45, 7) is 2.05. The molecule has 1 atom stereocenters. The van der Waals surface area contributed by atoms with Crippen LogP contribution < -0.4 is 0 Å². The fraction of sp³-hybridized carbons (Fsp3) is 0.417. The predicted molar refractivity (Wildman–Crippen MR) is 66.7 cm³/mol. The van der Waals surface area contributed by atoms with E-state index < -0.39 is 47.4 Å². The summed E-state index contributed by atoms with van der Waals surface area (Å²) in [5, 5.41) is 27.1. The SMILES string of the molecule is CCOC(=O)C=C(C(=O)O)C(CC(=O)O)(OC(C)=O)C(=O)O. The number of rotatable bonds is 8. The third-order valence-electron chi connectivity index (χ3n) is 2.28. The van der Waals surface area contributed by atoms with Crippen LogP contribution in [0.15, 0.2) is 11.6 Å². The van der Waals surface area contributed by atoms with E-state index in [-0.39, 0.29) is 12.7 Å². The van der Waals surface area contributed by atoms with Crippen molar-refractivity contribution in [3.8, 4) is 0 Å². The van der Waals surface area contributed by atoms with Crippen LogP contribution in [-0.2, 0) is 33.4 Å². The molecule has 0 spiro atoms. The van der Waals surface area contributed by atoms with Gasteiger partial charge < -0.3 is 24.8 Å². The largest absolute Gasteiger partial charge is 0.481 e. The Labute approximate surface area is 123 Å². The van der Waals surface area contributed by atoms with E-state index in [0.717, 1.165) is 6.92 Å². The quantitative estimate of drug-likeness (QED) is 0.389. The minimum atomic E-state index is -3.06. The highest BCUT2D eigenvalue weighted by Gasteiger charge is 2.51. The first kappa shape index (κ1) is 19.1. The van der Waals surface area contributed by atoms with E-state index >= 15 is 0 Å². The summed E-state index contributed by atoms with van der Waals surface area (Å²) in [6.07, 6.45) is -1.12. The Morgan fingerprint density at radius 2 is 1.64 bits per heavy atom. The maximum atomic E-state index is 11.4. The lowest BCUT2D eigenvalue weighted by molar-refractivity contribution is -0.178. The molecular weight excluding hydrogens is 304 g/mol. The van der Waals surface area contributed by atoms with Gasteiger partial charge >= 0.3 is 29.8 Å². The van der Waals surface area contributed by atoms with Crippen LogP contribution in [0.1, 0.15) is 20.3 Å². The van der Waals surface area contributed by atoms with E-state index in [0.29, 0.717) is 0 Å². The molecule has 22 heavy (non-hydrogen) atoms. The van der Waals surface area contributed by atoms with Crippen molar-refractivity contribution in [2.45, 2.75) is 25.9 Å². The fourth-order valence-electron chi connectivity index (χ4n) is 1.53. The van der Waals surface area contributed by atoms with Gasteiger partial charge in [0.05, 0.1) is 12.2 Å². The van der Waals surface area contributed by atoms with Gasteiger partial charge in [-0.05, 0) is 6.92 Å². The van der Waals surface area contributed by atoms with Gasteiger partial charge in [0.2, 0.25) is 0 Å². The van der Waals surface area contributed by atoms with Gasteiger partial charge in [0.1, 0.15) is 6.42 Å². The summed E-state index contributed by atoms with van der Waals surface area (Å²) >= 11 is 0. The number of aliphatic carboxylic acids is 3. The number of esters is 2. The van der Waals surface area contributed by atoms with E-state index in [2.05, 4.69) is 9.47 Å². The standard InChI is InChI=1S/C12H14O10/c1-3-21-9(16)4-7(10(17)18)12(11(19)20,5-8(14)15)22-6(2)13/h4H,3,5H2,1-2H3,(H,14,15)(H,17,18)(H,19,20). The lowest BCUT2D eigenvalue weighted by atomic mass is 9.89. The average Bonchev–Trinajstić information content (AvgIpc) is 2.33. The van der Waals surface area contributed by atoms with E-state index in [4.69, 9.17) is 10.2 Å². The summed E-state index contributed by atoms with van der Waals surface area (Å²) in [4.78, 5) is 55.9. The smallest absolute Gasteiger partial charge is 0.353 e. The van der Waals surface area contributed by atoms with Gasteiger partial charge in [0, 0.05) is 13.0 Å². The Morgan fingerprint density at radius 1 is 1.09 bits per heavy atom. The van der Waals surface area contributed by atoms with Gasteiger partial charge in [0.15, 0.2) is 0 Å². The molecule has 0 bridgehead atoms. The van der Waals surface area contributed by atoms with E-state index in [1.165, 1.54) is 6.92 Å². The second kappa shape index (κ2) is 7.76. The molecule has 10 heteroatoms. The molecule has 0 saturated carbocycles. The summed E-state index contributed by atoms with van der Waals surface area (Å²) in [6, 6.07) is 0. The van der Waals surface area contributed by atoms with Crippen molar-refractivity contribution in [3.05, 3.63) is 11.6 Å². The van der Waals surface area contributed by atoms with Crippen LogP contribution in [0.4, 0.5) is 0 Å². The minimum absolute atomic E-state index is 0.130. The van der Waals surface area contributed by atoms with Crippen LogP contribution in [0.2, 0.25) is 0 Å². The van der Waals surface area contributed by atoms with Crippen molar-refractivity contribution in [1.29, 1.82) is 0 Å². The molecule has 0 aliphatic carbocycles. The van der Waals surface area contributed by atoms with Gasteiger partial charge in [-0.2, -0.15) is 0 Å². The van der Waals surface area contributed by atoms with E-state index in [1.807, 2.05) is 0 Å². The van der Waals surface area contributed by atoms with Gasteiger partial charge in [-0.3, -0.25) is 9.59 Å². The lowest BCUT2D eigenvalue weighted by Crippen LogP contribution is -2.49. The molecule has 3 N–H and O–H groups in total. The van der Waals surface area contributed by atoms with Gasteiger partial charge in [-0.1, -0.05) is 0 Å². The van der Waals surface area contributed by atoms with Crippen LogP contribution in [0.25, 0.3) is 0 Å². The number of hydrogen-bond acceptors (Lipinski definition) is 7. The Hall–Kier alpha value is -2.91. The van der Waals surface area contributed by atoms with Crippen molar-refractivity contribution in [1.82, 2.24) is 0 Å². The van der Waals surface area contributed by atoms with Crippen LogP contribution >= 0.6 is 0 Å². The molecule has 0 aromatic heterocycles. The zero-order valence-electron chi connectivity index (χ0n) is 11.7. The molecule has 0 aliphatic heterocycles. The lowest BCUT2D eigenvalue weighted by Gasteiger charge is -2.27. The molecular formula is C12H14O10. The zero-order valence-corrected chi connectivity index (χ0v) is 11.7. The molecule has 0 fully saturated rings. The molecule has 0 saturated heterocycles. The molecule has 1 unspecified atom stereocenters.